The summed E-state index contributed by atoms with van der Waals surface area (Å²) < 4.78 is 0. The minimum atomic E-state index is 1.21. The lowest BCUT2D eigenvalue weighted by molar-refractivity contribution is 1.39. The molecule has 0 aromatic heterocycles. The van der Waals surface area contributed by atoms with E-state index in [1.807, 2.05) is 52.8 Å². The molecule has 134 valence electrons. The molecule has 0 aliphatic heterocycles. The van der Waals surface area contributed by atoms with Gasteiger partial charge in [0, 0.05) is 0 Å². The van der Waals surface area contributed by atoms with Crippen LogP contribution < -0.4 is 0 Å². The van der Waals surface area contributed by atoms with Crippen LogP contribution in [0.15, 0.2) is 85.0 Å². The van der Waals surface area contributed by atoms with Gasteiger partial charge < -0.3 is 0 Å². The molecule has 0 N–H and O–H groups in total. The molecule has 1 aromatic carbocycles. The van der Waals surface area contributed by atoms with Gasteiger partial charge in [0.25, 0.3) is 0 Å². The molecule has 24 heavy (non-hydrogen) atoms. The van der Waals surface area contributed by atoms with Crippen LogP contribution >= 0.6 is 0 Å². The summed E-state index contributed by atoms with van der Waals surface area (Å²) in [4.78, 5) is 0. The van der Waals surface area contributed by atoms with E-state index in [4.69, 9.17) is 0 Å². The number of aryl methyl sites for hydroxylation is 2. The first kappa shape index (κ1) is 26.8. The molecule has 0 nitrogen and oxygen atoms in total. The Morgan fingerprint density at radius 1 is 0.875 bits per heavy atom. The van der Waals surface area contributed by atoms with Crippen molar-refractivity contribution in [3.63, 3.8) is 0 Å². The van der Waals surface area contributed by atoms with Crippen LogP contribution in [0.2, 0.25) is 0 Å². The Morgan fingerprint density at radius 2 is 1.25 bits per heavy atom. The van der Waals surface area contributed by atoms with Crippen LogP contribution in [0, 0.1) is 13.8 Å². The molecule has 0 atom stereocenters. The Labute approximate surface area is 152 Å². The van der Waals surface area contributed by atoms with E-state index >= 15 is 0 Å². The van der Waals surface area contributed by atoms with Crippen LogP contribution in [-0.4, -0.2) is 0 Å². The number of rotatable bonds is 3. The molecule has 0 aliphatic rings. The Bertz CT molecular complexity index is 479. The molecule has 0 radical (unpaired) electrons. The maximum absolute atomic E-state index is 3.72. The van der Waals surface area contributed by atoms with Crippen molar-refractivity contribution < 1.29 is 0 Å². The summed E-state index contributed by atoms with van der Waals surface area (Å²) in [6.45, 7) is 23.3. The lowest BCUT2D eigenvalue weighted by Crippen LogP contribution is -1.76. The summed E-state index contributed by atoms with van der Waals surface area (Å²) in [6.07, 6.45) is 11.8. The third-order valence-corrected chi connectivity index (χ3v) is 2.63. The maximum Gasteiger partial charge on any atom is -0.0234 e. The zero-order valence-electron chi connectivity index (χ0n) is 17.2. The van der Waals surface area contributed by atoms with Gasteiger partial charge in [0.2, 0.25) is 0 Å². The zero-order valence-corrected chi connectivity index (χ0v) is 17.2. The number of hydrogen-bond donors (Lipinski definition) is 0. The third-order valence-electron chi connectivity index (χ3n) is 2.63. The molecule has 0 spiro atoms. The van der Waals surface area contributed by atoms with Crippen molar-refractivity contribution in [3.05, 3.63) is 96.2 Å². The van der Waals surface area contributed by atoms with E-state index < -0.39 is 0 Å². The lowest BCUT2D eigenvalue weighted by atomic mass is 10.1. The van der Waals surface area contributed by atoms with Gasteiger partial charge in [-0.15, -0.1) is 6.58 Å². The van der Waals surface area contributed by atoms with Crippen LogP contribution in [0.25, 0.3) is 0 Å². The largest absolute Gasteiger partial charge is 0.103 e. The average Bonchev–Trinajstić information content (AvgIpc) is 2.57. The fraction of sp³-hybridized carbons (Fsp3) is 0.333. The highest BCUT2D eigenvalue weighted by molar-refractivity contribution is 5.38. The monoisotopic (exact) mass is 326 g/mol. The molecule has 0 bridgehead atoms. The minimum absolute atomic E-state index is 1.21. The second kappa shape index (κ2) is 20.9. The van der Waals surface area contributed by atoms with E-state index in [-0.39, 0.29) is 0 Å². The van der Waals surface area contributed by atoms with Crippen molar-refractivity contribution in [3.8, 4) is 0 Å². The molecule has 0 saturated carbocycles. The molecule has 0 unspecified atom stereocenters. The Kier molecular flexibility index (Phi) is 23.4. The predicted octanol–water partition coefficient (Wildman–Crippen LogP) is 8.16. The quantitative estimate of drug-likeness (QED) is 0.388. The normalized spacial score (nSPS) is 8.83. The first-order valence-corrected chi connectivity index (χ1v) is 8.65. The van der Waals surface area contributed by atoms with Crippen LogP contribution in [0.5, 0.6) is 0 Å². The van der Waals surface area contributed by atoms with Crippen molar-refractivity contribution >= 4 is 0 Å². The van der Waals surface area contributed by atoms with E-state index in [2.05, 4.69) is 70.3 Å². The molecule has 0 saturated heterocycles. The Morgan fingerprint density at radius 3 is 1.46 bits per heavy atom. The van der Waals surface area contributed by atoms with Crippen LogP contribution in [-0.2, 0) is 0 Å². The Balaban J connectivity index is -0.000000296. The van der Waals surface area contributed by atoms with Gasteiger partial charge in [-0.05, 0) is 52.7 Å². The van der Waals surface area contributed by atoms with Gasteiger partial charge in [-0.1, -0.05) is 92.3 Å². The standard InChI is InChI=1S/C11H16.C8H10.C3H6.C2H6/c1-5-8-11(9-6-2)10(4)7-3;1-7-4-3-5-8(2)6-7;1-3-2;1-2/h5-9H,3H2,1-2,4H3;3-6H,1-2H3;3H,1H2,2H3;1-2H3/b8-5-,9-6-;;;. The highest BCUT2D eigenvalue weighted by atomic mass is 13.9. The van der Waals surface area contributed by atoms with E-state index in [1.165, 1.54) is 22.3 Å². The number of benzene rings is 1. The summed E-state index contributed by atoms with van der Waals surface area (Å²) >= 11 is 0. The fourth-order valence-corrected chi connectivity index (χ4v) is 1.60. The molecule has 0 heteroatoms. The van der Waals surface area contributed by atoms with E-state index in [9.17, 15) is 0 Å². The highest BCUT2D eigenvalue weighted by Crippen LogP contribution is 2.08. The van der Waals surface area contributed by atoms with Crippen molar-refractivity contribution in [2.75, 3.05) is 0 Å². The summed E-state index contributed by atoms with van der Waals surface area (Å²) in [7, 11) is 0. The maximum atomic E-state index is 3.72. The first-order chi connectivity index (χ1) is 11.5. The van der Waals surface area contributed by atoms with Crippen molar-refractivity contribution in [1.29, 1.82) is 0 Å². The van der Waals surface area contributed by atoms with Crippen LogP contribution in [0.3, 0.4) is 0 Å². The summed E-state index contributed by atoms with van der Waals surface area (Å²) in [5.74, 6) is 0. The molecular formula is C24H38. The highest BCUT2D eigenvalue weighted by Gasteiger charge is 1.88. The van der Waals surface area contributed by atoms with Crippen molar-refractivity contribution in [2.24, 2.45) is 0 Å². The number of allylic oxidation sites excluding steroid dienone is 8. The molecule has 0 heterocycles. The van der Waals surface area contributed by atoms with Gasteiger partial charge >= 0.3 is 0 Å². The van der Waals surface area contributed by atoms with Gasteiger partial charge in [-0.3, -0.25) is 0 Å². The topological polar surface area (TPSA) is 0 Å². The van der Waals surface area contributed by atoms with E-state index in [1.54, 1.807) is 6.08 Å². The molecule has 0 aliphatic carbocycles. The fourth-order valence-electron chi connectivity index (χ4n) is 1.60. The summed E-state index contributed by atoms with van der Waals surface area (Å²) in [5, 5.41) is 0. The van der Waals surface area contributed by atoms with E-state index in [0.717, 1.165) is 0 Å². The Hall–Kier alpha value is -2.08. The zero-order chi connectivity index (χ0) is 19.4. The van der Waals surface area contributed by atoms with Gasteiger partial charge in [0.1, 0.15) is 0 Å². The van der Waals surface area contributed by atoms with Crippen LogP contribution in [0.4, 0.5) is 0 Å². The third kappa shape index (κ3) is 18.0. The van der Waals surface area contributed by atoms with Crippen molar-refractivity contribution in [1.82, 2.24) is 0 Å². The van der Waals surface area contributed by atoms with E-state index in [0.29, 0.717) is 0 Å². The predicted molar refractivity (Wildman–Crippen MR) is 116 cm³/mol. The van der Waals surface area contributed by atoms with Crippen LogP contribution in [0.1, 0.15) is 52.7 Å². The molecule has 0 fully saturated rings. The average molecular weight is 327 g/mol. The lowest BCUT2D eigenvalue weighted by Gasteiger charge is -1.96. The summed E-state index contributed by atoms with van der Waals surface area (Å²) in [6, 6.07) is 8.45. The second-order valence-electron chi connectivity index (χ2n) is 4.91. The van der Waals surface area contributed by atoms with Gasteiger partial charge in [0.15, 0.2) is 0 Å². The van der Waals surface area contributed by atoms with Gasteiger partial charge in [-0.25, -0.2) is 0 Å². The molecule has 0 amide bonds. The van der Waals surface area contributed by atoms with Gasteiger partial charge in [-0.2, -0.15) is 0 Å². The van der Waals surface area contributed by atoms with Crippen molar-refractivity contribution in [2.45, 2.75) is 55.4 Å². The first-order valence-electron chi connectivity index (χ1n) is 8.65. The minimum Gasteiger partial charge on any atom is -0.103 e. The molecular weight excluding hydrogens is 288 g/mol. The summed E-state index contributed by atoms with van der Waals surface area (Å²) in [5.41, 5.74) is 5.11. The smallest absolute Gasteiger partial charge is 0.0234 e. The molecule has 1 aromatic rings. The number of hydrogen-bond acceptors (Lipinski definition) is 0. The SMILES string of the molecule is C=CC.C=CC(C)=C(/C=C\C)/C=C\C.CC.Cc1cccc(C)c1. The van der Waals surface area contributed by atoms with Gasteiger partial charge in [0.05, 0.1) is 0 Å². The second-order valence-corrected chi connectivity index (χ2v) is 4.91. The molecule has 1 rings (SSSR count).